The minimum atomic E-state index is -0.411. The zero-order chi connectivity index (χ0) is 8.65. The highest BCUT2D eigenvalue weighted by molar-refractivity contribution is 4.89. The van der Waals surface area contributed by atoms with Gasteiger partial charge in [0.15, 0.2) is 0 Å². The van der Waals surface area contributed by atoms with Gasteiger partial charge in [-0.1, -0.05) is 20.8 Å². The first-order valence-corrected chi connectivity index (χ1v) is 4.67. The second-order valence-electron chi connectivity index (χ2n) is 4.52. The third-order valence-corrected chi connectivity index (χ3v) is 3.77. The molecular formula is C10H20O. The van der Waals surface area contributed by atoms with Crippen molar-refractivity contribution in [3.8, 4) is 0 Å². The molecule has 0 aliphatic heterocycles. The number of aliphatic hydroxyl groups is 1. The third kappa shape index (κ3) is 1.58. The summed E-state index contributed by atoms with van der Waals surface area (Å²) >= 11 is 0. The van der Waals surface area contributed by atoms with Crippen molar-refractivity contribution in [3.05, 3.63) is 0 Å². The van der Waals surface area contributed by atoms with E-state index in [9.17, 15) is 5.11 Å². The third-order valence-electron chi connectivity index (χ3n) is 3.77. The molecule has 4 atom stereocenters. The van der Waals surface area contributed by atoms with E-state index >= 15 is 0 Å². The molecule has 1 rings (SSSR count). The fraction of sp³-hybridized carbons (Fsp3) is 1.00. The number of rotatable bonds is 0. The summed E-state index contributed by atoms with van der Waals surface area (Å²) in [7, 11) is 0. The van der Waals surface area contributed by atoms with Crippen molar-refractivity contribution < 1.29 is 5.11 Å². The molecule has 0 saturated heterocycles. The van der Waals surface area contributed by atoms with Gasteiger partial charge in [0.05, 0.1) is 5.60 Å². The van der Waals surface area contributed by atoms with E-state index in [4.69, 9.17) is 0 Å². The van der Waals surface area contributed by atoms with Crippen molar-refractivity contribution in [1.82, 2.24) is 0 Å². The Hall–Kier alpha value is -0.0400. The van der Waals surface area contributed by atoms with E-state index in [1.807, 2.05) is 6.92 Å². The second kappa shape index (κ2) is 2.78. The number of hydrogen-bond acceptors (Lipinski definition) is 1. The summed E-state index contributed by atoms with van der Waals surface area (Å²) in [5.74, 6) is 1.90. The summed E-state index contributed by atoms with van der Waals surface area (Å²) in [4.78, 5) is 0. The molecule has 1 fully saturated rings. The van der Waals surface area contributed by atoms with Crippen LogP contribution in [0.4, 0.5) is 0 Å². The highest BCUT2D eigenvalue weighted by atomic mass is 16.3. The quantitative estimate of drug-likeness (QED) is 0.571. The van der Waals surface area contributed by atoms with Crippen LogP contribution in [-0.2, 0) is 0 Å². The predicted octanol–water partition coefficient (Wildman–Crippen LogP) is 2.44. The molecule has 1 N–H and O–H groups in total. The van der Waals surface area contributed by atoms with Gasteiger partial charge in [-0.05, 0) is 37.5 Å². The molecule has 1 saturated carbocycles. The number of hydrogen-bond donors (Lipinski definition) is 1. The molecule has 0 amide bonds. The van der Waals surface area contributed by atoms with Gasteiger partial charge in [0, 0.05) is 0 Å². The molecule has 0 heterocycles. The van der Waals surface area contributed by atoms with Crippen LogP contribution >= 0.6 is 0 Å². The van der Waals surface area contributed by atoms with Crippen LogP contribution in [0.25, 0.3) is 0 Å². The maximum absolute atomic E-state index is 9.93. The van der Waals surface area contributed by atoms with Gasteiger partial charge in [0.1, 0.15) is 0 Å². The van der Waals surface area contributed by atoms with Gasteiger partial charge in [-0.3, -0.25) is 0 Å². The molecule has 11 heavy (non-hydrogen) atoms. The van der Waals surface area contributed by atoms with Crippen molar-refractivity contribution in [2.24, 2.45) is 17.8 Å². The van der Waals surface area contributed by atoms with Crippen molar-refractivity contribution in [2.75, 3.05) is 0 Å². The summed E-state index contributed by atoms with van der Waals surface area (Å²) in [5, 5.41) is 9.93. The molecule has 66 valence electrons. The SMILES string of the molecule is CC1CCC(C)(O)C(C)[C@H]1C. The maximum Gasteiger partial charge on any atom is 0.0647 e. The molecule has 0 aromatic heterocycles. The monoisotopic (exact) mass is 156 g/mol. The molecule has 0 bridgehead atoms. The summed E-state index contributed by atoms with van der Waals surface area (Å²) < 4.78 is 0. The largest absolute Gasteiger partial charge is 0.390 e. The van der Waals surface area contributed by atoms with Crippen LogP contribution in [0.2, 0.25) is 0 Å². The first-order chi connectivity index (χ1) is 4.95. The highest BCUT2D eigenvalue weighted by Gasteiger charge is 2.38. The molecule has 0 aromatic carbocycles. The average molecular weight is 156 g/mol. The Morgan fingerprint density at radius 2 is 1.82 bits per heavy atom. The first kappa shape index (κ1) is 9.05. The lowest BCUT2D eigenvalue weighted by molar-refractivity contribution is -0.0640. The van der Waals surface area contributed by atoms with Crippen LogP contribution in [0.3, 0.4) is 0 Å². The normalized spacial score (nSPS) is 52.6. The molecular weight excluding hydrogens is 136 g/mol. The summed E-state index contributed by atoms with van der Waals surface area (Å²) in [6.45, 7) is 8.68. The van der Waals surface area contributed by atoms with E-state index in [0.717, 1.165) is 12.3 Å². The fourth-order valence-corrected chi connectivity index (χ4v) is 2.07. The molecule has 0 radical (unpaired) electrons. The molecule has 1 nitrogen and oxygen atoms in total. The predicted molar refractivity (Wildman–Crippen MR) is 47.3 cm³/mol. The lowest BCUT2D eigenvalue weighted by Crippen LogP contribution is -2.43. The van der Waals surface area contributed by atoms with E-state index in [1.165, 1.54) is 6.42 Å². The van der Waals surface area contributed by atoms with Crippen molar-refractivity contribution in [2.45, 2.75) is 46.1 Å². The van der Waals surface area contributed by atoms with E-state index in [-0.39, 0.29) is 0 Å². The van der Waals surface area contributed by atoms with Crippen LogP contribution in [0.15, 0.2) is 0 Å². The van der Waals surface area contributed by atoms with Gasteiger partial charge in [-0.25, -0.2) is 0 Å². The Kier molecular flexibility index (Phi) is 2.29. The zero-order valence-electron chi connectivity index (χ0n) is 8.09. The molecule has 1 aliphatic rings. The van der Waals surface area contributed by atoms with Crippen LogP contribution in [-0.4, -0.2) is 10.7 Å². The van der Waals surface area contributed by atoms with E-state index in [0.29, 0.717) is 11.8 Å². The van der Waals surface area contributed by atoms with Crippen LogP contribution in [0, 0.1) is 17.8 Å². The van der Waals surface area contributed by atoms with E-state index in [1.54, 1.807) is 0 Å². The van der Waals surface area contributed by atoms with Gasteiger partial charge in [0.2, 0.25) is 0 Å². The Morgan fingerprint density at radius 3 is 2.27 bits per heavy atom. The van der Waals surface area contributed by atoms with Crippen LogP contribution < -0.4 is 0 Å². The minimum Gasteiger partial charge on any atom is -0.390 e. The summed E-state index contributed by atoms with van der Waals surface area (Å²) in [6.07, 6.45) is 2.15. The Bertz CT molecular complexity index is 140. The highest BCUT2D eigenvalue weighted by Crippen LogP contribution is 2.40. The van der Waals surface area contributed by atoms with Crippen LogP contribution in [0.1, 0.15) is 40.5 Å². The van der Waals surface area contributed by atoms with E-state index in [2.05, 4.69) is 20.8 Å². The van der Waals surface area contributed by atoms with Crippen molar-refractivity contribution in [3.63, 3.8) is 0 Å². The topological polar surface area (TPSA) is 20.2 Å². The van der Waals surface area contributed by atoms with Gasteiger partial charge in [-0.15, -0.1) is 0 Å². The van der Waals surface area contributed by atoms with Gasteiger partial charge in [-0.2, -0.15) is 0 Å². The van der Waals surface area contributed by atoms with Crippen molar-refractivity contribution >= 4 is 0 Å². The average Bonchev–Trinajstić information content (AvgIpc) is 1.95. The minimum absolute atomic E-state index is 0.411. The Labute approximate surface area is 69.8 Å². The molecule has 0 aromatic rings. The Morgan fingerprint density at radius 1 is 1.27 bits per heavy atom. The molecule has 3 unspecified atom stereocenters. The Balaban J connectivity index is 2.67. The first-order valence-electron chi connectivity index (χ1n) is 4.67. The standard InChI is InChI=1S/C10H20O/c1-7-5-6-10(4,11)9(3)8(7)2/h7-9,11H,5-6H2,1-4H3/t7?,8-,9?,10?/m0/s1. The van der Waals surface area contributed by atoms with Gasteiger partial charge >= 0.3 is 0 Å². The maximum atomic E-state index is 9.93. The smallest absolute Gasteiger partial charge is 0.0647 e. The fourth-order valence-electron chi connectivity index (χ4n) is 2.07. The molecule has 1 heteroatoms. The van der Waals surface area contributed by atoms with Gasteiger partial charge in [0.25, 0.3) is 0 Å². The van der Waals surface area contributed by atoms with E-state index < -0.39 is 5.60 Å². The molecule has 1 aliphatic carbocycles. The lowest BCUT2D eigenvalue weighted by Gasteiger charge is -2.42. The lowest BCUT2D eigenvalue weighted by atomic mass is 9.67. The summed E-state index contributed by atoms with van der Waals surface area (Å²) in [5.41, 5.74) is -0.411. The van der Waals surface area contributed by atoms with Gasteiger partial charge < -0.3 is 5.11 Å². The summed E-state index contributed by atoms with van der Waals surface area (Å²) in [6, 6.07) is 0. The zero-order valence-corrected chi connectivity index (χ0v) is 8.09. The van der Waals surface area contributed by atoms with Crippen molar-refractivity contribution in [1.29, 1.82) is 0 Å². The van der Waals surface area contributed by atoms with Crippen LogP contribution in [0.5, 0.6) is 0 Å². The molecule has 0 spiro atoms. The second-order valence-corrected chi connectivity index (χ2v) is 4.52.